The van der Waals surface area contributed by atoms with Crippen molar-refractivity contribution in [2.24, 2.45) is 5.41 Å². The van der Waals surface area contributed by atoms with Gasteiger partial charge in [-0.25, -0.2) is 0 Å². The molecule has 0 heterocycles. The Labute approximate surface area is 187 Å². The van der Waals surface area contributed by atoms with E-state index in [1.807, 2.05) is 45.0 Å². The fourth-order valence-corrected chi connectivity index (χ4v) is 3.25. The molecule has 4 nitrogen and oxygen atoms in total. The zero-order valence-corrected chi connectivity index (χ0v) is 19.5. The van der Waals surface area contributed by atoms with E-state index in [-0.39, 0.29) is 16.8 Å². The number of carbonyl (C=O) groups excluding carboxylic acids is 1. The fourth-order valence-electron chi connectivity index (χ4n) is 3.25. The number of nitriles is 1. The summed E-state index contributed by atoms with van der Waals surface area (Å²) in [5.41, 5.74) is 4.71. The van der Waals surface area contributed by atoms with Gasteiger partial charge in [0.1, 0.15) is 6.07 Å². The van der Waals surface area contributed by atoms with E-state index in [1.54, 1.807) is 6.08 Å². The minimum absolute atomic E-state index is 0.105. The van der Waals surface area contributed by atoms with Crippen LogP contribution in [0.3, 0.4) is 0 Å². The maximum Gasteiger partial charge on any atom is 0.173 e. The molecule has 0 unspecified atom stereocenters. The molecule has 0 saturated carbocycles. The van der Waals surface area contributed by atoms with Crippen molar-refractivity contribution < 1.29 is 4.79 Å². The zero-order valence-electron chi connectivity index (χ0n) is 19.5. The van der Waals surface area contributed by atoms with E-state index in [0.29, 0.717) is 6.42 Å². The van der Waals surface area contributed by atoms with E-state index < -0.39 is 0 Å². The lowest BCUT2D eigenvalue weighted by Crippen LogP contribution is -2.28. The third-order valence-corrected chi connectivity index (χ3v) is 5.14. The van der Waals surface area contributed by atoms with Crippen LogP contribution in [0.25, 0.3) is 6.08 Å². The number of ketones is 1. The van der Waals surface area contributed by atoms with E-state index in [4.69, 9.17) is 0 Å². The van der Waals surface area contributed by atoms with Crippen LogP contribution in [0.2, 0.25) is 0 Å². The van der Waals surface area contributed by atoms with E-state index in [2.05, 4.69) is 54.5 Å². The van der Waals surface area contributed by atoms with Crippen molar-refractivity contribution in [2.45, 2.75) is 47.1 Å². The van der Waals surface area contributed by atoms with Gasteiger partial charge >= 0.3 is 0 Å². The molecular formula is C27H35N3O. The van der Waals surface area contributed by atoms with Crippen LogP contribution >= 0.6 is 0 Å². The average molecular weight is 418 g/mol. The molecule has 2 aromatic rings. The maximum absolute atomic E-state index is 12.3. The van der Waals surface area contributed by atoms with Crippen LogP contribution in [-0.4, -0.2) is 25.9 Å². The van der Waals surface area contributed by atoms with E-state index >= 15 is 0 Å². The molecule has 0 atom stereocenters. The number of Topliss-reactive ketones (excluding diaryl/α,β-unsaturated/α-hetero) is 1. The predicted molar refractivity (Wildman–Crippen MR) is 130 cm³/mol. The van der Waals surface area contributed by atoms with Crippen LogP contribution in [-0.2, 0) is 17.8 Å². The number of hydrogen-bond acceptors (Lipinski definition) is 4. The topological polar surface area (TPSA) is 56.1 Å². The Bertz CT molecular complexity index is 913. The van der Waals surface area contributed by atoms with Crippen LogP contribution in [0.15, 0.2) is 54.1 Å². The molecule has 0 fully saturated rings. The quantitative estimate of drug-likeness (QED) is 0.320. The zero-order chi connectivity index (χ0) is 22.9. The van der Waals surface area contributed by atoms with Gasteiger partial charge in [-0.3, -0.25) is 4.79 Å². The number of anilines is 1. The summed E-state index contributed by atoms with van der Waals surface area (Å²) in [5, 5.41) is 12.9. The van der Waals surface area contributed by atoms with Crippen molar-refractivity contribution >= 4 is 17.5 Å². The lowest BCUT2D eigenvalue weighted by Gasteiger charge is -2.20. The van der Waals surface area contributed by atoms with Crippen molar-refractivity contribution in [1.29, 1.82) is 5.26 Å². The second-order valence-corrected chi connectivity index (χ2v) is 9.19. The lowest BCUT2D eigenvalue weighted by atomic mass is 9.87. The highest BCUT2D eigenvalue weighted by Gasteiger charge is 2.19. The first-order valence-electron chi connectivity index (χ1n) is 11.0. The van der Waals surface area contributed by atoms with Gasteiger partial charge in [-0.15, -0.1) is 0 Å². The summed E-state index contributed by atoms with van der Waals surface area (Å²) < 4.78 is 0. The molecule has 0 radical (unpaired) electrons. The Morgan fingerprint density at radius 3 is 2.23 bits per heavy atom. The molecule has 2 rings (SSSR count). The normalized spacial score (nSPS) is 11.8. The van der Waals surface area contributed by atoms with Crippen molar-refractivity contribution in [3.8, 4) is 6.07 Å². The second kappa shape index (κ2) is 11.5. The molecular weight excluding hydrogens is 382 g/mol. The summed E-state index contributed by atoms with van der Waals surface area (Å²) in [6, 6.07) is 18.8. The highest BCUT2D eigenvalue weighted by atomic mass is 16.1. The largest absolute Gasteiger partial charge is 0.373 e. The number of nitrogens with one attached hydrogen (secondary N) is 1. The van der Waals surface area contributed by atoms with Crippen LogP contribution in [0.4, 0.5) is 5.69 Å². The summed E-state index contributed by atoms with van der Waals surface area (Å²) in [6.45, 7) is 10.8. The van der Waals surface area contributed by atoms with Crippen LogP contribution < -0.4 is 10.2 Å². The predicted octanol–water partition coefficient (Wildman–Crippen LogP) is 5.39. The van der Waals surface area contributed by atoms with Gasteiger partial charge in [-0.2, -0.15) is 5.26 Å². The van der Waals surface area contributed by atoms with E-state index in [9.17, 15) is 10.1 Å². The molecule has 0 aliphatic rings. The number of rotatable bonds is 10. The molecule has 0 aliphatic carbocycles. The minimum Gasteiger partial charge on any atom is -0.373 e. The Morgan fingerprint density at radius 2 is 1.68 bits per heavy atom. The third kappa shape index (κ3) is 8.39. The van der Waals surface area contributed by atoms with Crippen LogP contribution in [0.1, 0.15) is 50.8 Å². The Balaban J connectivity index is 1.87. The molecule has 0 spiro atoms. The number of nitrogens with zero attached hydrogens (tertiary/aromatic N) is 2. The van der Waals surface area contributed by atoms with Gasteiger partial charge in [-0.1, -0.05) is 64.1 Å². The number of likely N-dealkylation sites (N-methyl/N-ethyl adjacent to an activating group) is 1. The smallest absolute Gasteiger partial charge is 0.173 e. The summed E-state index contributed by atoms with van der Waals surface area (Å²) in [4.78, 5) is 14.5. The van der Waals surface area contributed by atoms with Gasteiger partial charge in [0, 0.05) is 38.8 Å². The molecule has 1 N–H and O–H groups in total. The summed E-state index contributed by atoms with van der Waals surface area (Å²) in [7, 11) is 2.07. The Morgan fingerprint density at radius 1 is 1.06 bits per heavy atom. The molecule has 0 amide bonds. The van der Waals surface area contributed by atoms with Crippen LogP contribution in [0.5, 0.6) is 0 Å². The van der Waals surface area contributed by atoms with Crippen LogP contribution in [0, 0.1) is 16.7 Å². The van der Waals surface area contributed by atoms with Gasteiger partial charge < -0.3 is 10.2 Å². The van der Waals surface area contributed by atoms with Crippen molar-refractivity contribution in [3.05, 3.63) is 70.8 Å². The first-order chi connectivity index (χ1) is 14.7. The number of hydrogen-bond donors (Lipinski definition) is 1. The number of aryl methyl sites for hydroxylation is 1. The summed E-state index contributed by atoms with van der Waals surface area (Å²) >= 11 is 0. The highest BCUT2D eigenvalue weighted by Crippen LogP contribution is 2.22. The molecule has 4 heteroatoms. The first kappa shape index (κ1) is 24.4. The molecule has 0 saturated heterocycles. The van der Waals surface area contributed by atoms with Gasteiger partial charge in [0.25, 0.3) is 0 Å². The average Bonchev–Trinajstić information content (AvgIpc) is 2.74. The number of benzene rings is 2. The third-order valence-electron chi connectivity index (χ3n) is 5.14. The highest BCUT2D eigenvalue weighted by molar-refractivity contribution is 6.03. The fraction of sp³-hybridized carbons (Fsp3) is 0.407. The van der Waals surface area contributed by atoms with Crippen molar-refractivity contribution in [1.82, 2.24) is 5.32 Å². The summed E-state index contributed by atoms with van der Waals surface area (Å²) in [6.07, 6.45) is 3.12. The lowest BCUT2D eigenvalue weighted by molar-refractivity contribution is -0.116. The molecule has 0 aliphatic heterocycles. The monoisotopic (exact) mass is 417 g/mol. The molecule has 164 valence electrons. The second-order valence-electron chi connectivity index (χ2n) is 9.19. The van der Waals surface area contributed by atoms with Crippen molar-refractivity contribution in [2.75, 3.05) is 25.0 Å². The van der Waals surface area contributed by atoms with Gasteiger partial charge in [0.2, 0.25) is 0 Å². The molecule has 0 bridgehead atoms. The Hall–Kier alpha value is -2.90. The van der Waals surface area contributed by atoms with Gasteiger partial charge in [0.05, 0.1) is 5.57 Å². The van der Waals surface area contributed by atoms with Gasteiger partial charge in [-0.05, 0) is 46.7 Å². The SMILES string of the molecule is CCc1ccc(CNCCN(C)c2ccc(/C=C(\C#N)C(=O)CC(C)(C)C)cc2)cc1. The minimum atomic E-state index is -0.132. The maximum atomic E-state index is 12.3. The molecule has 0 aromatic heterocycles. The van der Waals surface area contributed by atoms with Crippen molar-refractivity contribution in [3.63, 3.8) is 0 Å². The van der Waals surface area contributed by atoms with E-state index in [1.165, 1.54) is 11.1 Å². The standard InChI is InChI=1S/C27H35N3O/c1-6-21-7-9-23(10-8-21)20-29-15-16-30(5)25-13-11-22(12-14-25)17-24(19-28)26(31)18-27(2,3)4/h7-14,17,29H,6,15-16,18,20H2,1-5H3/b24-17+. The molecule has 2 aromatic carbocycles. The van der Waals surface area contributed by atoms with Gasteiger partial charge in [0.15, 0.2) is 5.78 Å². The van der Waals surface area contributed by atoms with E-state index in [0.717, 1.165) is 37.3 Å². The number of allylic oxidation sites excluding steroid dienone is 1. The number of carbonyl (C=O) groups is 1. The first-order valence-corrected chi connectivity index (χ1v) is 11.0. The Kier molecular flexibility index (Phi) is 9.03. The summed E-state index contributed by atoms with van der Waals surface area (Å²) in [5.74, 6) is -0.105. The molecule has 31 heavy (non-hydrogen) atoms.